The lowest BCUT2D eigenvalue weighted by atomic mass is 10.1. The number of hydrogen-bond donors (Lipinski definition) is 1. The smallest absolute Gasteiger partial charge is 0.408 e. The minimum Gasteiger partial charge on any atom is -0.467 e. The topological polar surface area (TPSA) is 108 Å². The van der Waals surface area contributed by atoms with E-state index < -0.39 is 24.1 Å². The van der Waals surface area contributed by atoms with Gasteiger partial charge in [-0.25, -0.2) is 14.3 Å². The zero-order valence-electron chi connectivity index (χ0n) is 16.1. The summed E-state index contributed by atoms with van der Waals surface area (Å²) in [6.07, 6.45) is 2.57. The van der Waals surface area contributed by atoms with Gasteiger partial charge in [0.05, 0.1) is 25.0 Å². The molecule has 1 unspecified atom stereocenters. The lowest BCUT2D eigenvalue weighted by Gasteiger charge is -2.22. The zero-order chi connectivity index (χ0) is 20.6. The van der Waals surface area contributed by atoms with Crippen molar-refractivity contribution in [3.63, 3.8) is 0 Å². The average molecular weight is 395 g/mol. The molecule has 2 heterocycles. The van der Waals surface area contributed by atoms with Gasteiger partial charge in [-0.1, -0.05) is 41.6 Å². The molecule has 1 aromatic carbocycles. The summed E-state index contributed by atoms with van der Waals surface area (Å²) in [6.45, 7) is 1.80. The van der Waals surface area contributed by atoms with Gasteiger partial charge in [0, 0.05) is 6.20 Å². The number of alkyl carbamates (subject to hydrolysis) is 1. The number of aromatic nitrogens is 4. The minimum atomic E-state index is -1.01. The molecule has 0 aliphatic rings. The highest BCUT2D eigenvalue weighted by molar-refractivity contribution is 5.81. The van der Waals surface area contributed by atoms with Crippen LogP contribution in [0.1, 0.15) is 18.5 Å². The standard InChI is InChI=1S/C20H21N5O4/c1-14(25-12-17(23-24-25)16-10-6-7-11-21-16)18(19(26)28-2)22-20(27)29-13-15-8-4-3-5-9-15/h3-12,14,18H,13H2,1-2H3,(H,22,27)/t14?,18-/m0/s1. The molecular weight excluding hydrogens is 374 g/mol. The van der Waals surface area contributed by atoms with Crippen LogP contribution in [0, 0.1) is 0 Å². The van der Waals surface area contributed by atoms with Crippen molar-refractivity contribution < 1.29 is 19.1 Å². The Labute approximate surface area is 167 Å². The Hall–Kier alpha value is -3.75. The van der Waals surface area contributed by atoms with Gasteiger partial charge < -0.3 is 14.8 Å². The highest BCUT2D eigenvalue weighted by atomic mass is 16.6. The van der Waals surface area contributed by atoms with Crippen LogP contribution in [-0.4, -0.2) is 45.2 Å². The van der Waals surface area contributed by atoms with Crippen LogP contribution in [0.15, 0.2) is 60.9 Å². The minimum absolute atomic E-state index is 0.0854. The Balaban J connectivity index is 1.68. The molecule has 0 aliphatic carbocycles. The molecule has 0 fully saturated rings. The average Bonchev–Trinajstić information content (AvgIpc) is 3.27. The molecule has 3 rings (SSSR count). The van der Waals surface area contributed by atoms with Crippen molar-refractivity contribution in [3.8, 4) is 11.4 Å². The molecule has 0 bridgehead atoms. The fourth-order valence-electron chi connectivity index (χ4n) is 2.66. The summed E-state index contributed by atoms with van der Waals surface area (Å²) < 4.78 is 11.5. The number of esters is 1. The Morgan fingerprint density at radius 3 is 2.55 bits per heavy atom. The molecule has 150 valence electrons. The third-order valence-corrected chi connectivity index (χ3v) is 4.28. The number of nitrogens with zero attached hydrogens (tertiary/aromatic N) is 4. The van der Waals surface area contributed by atoms with Crippen molar-refractivity contribution in [2.75, 3.05) is 7.11 Å². The third kappa shape index (κ3) is 5.16. The van der Waals surface area contributed by atoms with E-state index in [1.165, 1.54) is 11.8 Å². The third-order valence-electron chi connectivity index (χ3n) is 4.28. The Kier molecular flexibility index (Phi) is 6.51. The maximum atomic E-state index is 12.2. The first-order chi connectivity index (χ1) is 14.1. The van der Waals surface area contributed by atoms with Gasteiger partial charge in [-0.15, -0.1) is 5.10 Å². The lowest BCUT2D eigenvalue weighted by molar-refractivity contribution is -0.144. The van der Waals surface area contributed by atoms with Crippen LogP contribution in [0.2, 0.25) is 0 Å². The molecule has 1 amide bonds. The van der Waals surface area contributed by atoms with Gasteiger partial charge in [0.1, 0.15) is 12.3 Å². The molecule has 9 heteroatoms. The second kappa shape index (κ2) is 9.45. The van der Waals surface area contributed by atoms with Crippen LogP contribution < -0.4 is 5.32 Å². The van der Waals surface area contributed by atoms with Crippen molar-refractivity contribution >= 4 is 12.1 Å². The molecule has 0 spiro atoms. The summed E-state index contributed by atoms with van der Waals surface area (Å²) in [5, 5.41) is 10.7. The number of methoxy groups -OCH3 is 1. The number of carbonyl (C=O) groups is 2. The summed E-state index contributed by atoms with van der Waals surface area (Å²) in [5.74, 6) is -0.621. The van der Waals surface area contributed by atoms with Crippen LogP contribution in [-0.2, 0) is 20.9 Å². The van der Waals surface area contributed by atoms with Crippen molar-refractivity contribution in [1.29, 1.82) is 0 Å². The molecule has 1 N–H and O–H groups in total. The molecule has 0 radical (unpaired) electrons. The number of amides is 1. The lowest BCUT2D eigenvalue weighted by Crippen LogP contribution is -2.46. The largest absolute Gasteiger partial charge is 0.467 e. The van der Waals surface area contributed by atoms with Crippen molar-refractivity contribution in [2.24, 2.45) is 0 Å². The van der Waals surface area contributed by atoms with E-state index in [4.69, 9.17) is 9.47 Å². The summed E-state index contributed by atoms with van der Waals surface area (Å²) in [5.41, 5.74) is 2.03. The van der Waals surface area contributed by atoms with Crippen LogP contribution in [0.5, 0.6) is 0 Å². The molecule has 0 saturated carbocycles. The van der Waals surface area contributed by atoms with Crippen LogP contribution >= 0.6 is 0 Å². The highest BCUT2D eigenvalue weighted by Crippen LogP contribution is 2.17. The number of pyridine rings is 1. The van der Waals surface area contributed by atoms with E-state index in [0.717, 1.165) is 5.56 Å². The fourth-order valence-corrected chi connectivity index (χ4v) is 2.66. The summed E-state index contributed by atoms with van der Waals surface area (Å²) in [4.78, 5) is 28.7. The van der Waals surface area contributed by atoms with Gasteiger partial charge in [-0.2, -0.15) is 0 Å². The summed E-state index contributed by atoms with van der Waals surface area (Å²) in [6, 6.07) is 13.1. The van der Waals surface area contributed by atoms with E-state index in [-0.39, 0.29) is 6.61 Å². The predicted octanol–water partition coefficient (Wildman–Crippen LogP) is 2.37. The van der Waals surface area contributed by atoms with Crippen LogP contribution in [0.3, 0.4) is 0 Å². The van der Waals surface area contributed by atoms with Gasteiger partial charge in [0.25, 0.3) is 0 Å². The Morgan fingerprint density at radius 2 is 1.86 bits per heavy atom. The zero-order valence-corrected chi connectivity index (χ0v) is 16.1. The predicted molar refractivity (Wildman–Crippen MR) is 104 cm³/mol. The fraction of sp³-hybridized carbons (Fsp3) is 0.250. The highest BCUT2D eigenvalue weighted by Gasteiger charge is 2.30. The van der Waals surface area contributed by atoms with Crippen molar-refractivity contribution in [3.05, 3.63) is 66.5 Å². The van der Waals surface area contributed by atoms with Crippen molar-refractivity contribution in [2.45, 2.75) is 25.6 Å². The summed E-state index contributed by atoms with van der Waals surface area (Å²) in [7, 11) is 1.25. The molecule has 0 saturated heterocycles. The number of benzene rings is 1. The summed E-state index contributed by atoms with van der Waals surface area (Å²) >= 11 is 0. The molecular formula is C20H21N5O4. The second-order valence-electron chi connectivity index (χ2n) is 6.25. The number of carbonyl (C=O) groups excluding carboxylic acids is 2. The van der Waals surface area contributed by atoms with Gasteiger partial charge >= 0.3 is 12.1 Å². The number of rotatable bonds is 7. The number of nitrogens with one attached hydrogen (secondary N) is 1. The molecule has 29 heavy (non-hydrogen) atoms. The van der Waals surface area contributed by atoms with Crippen LogP contribution in [0.25, 0.3) is 11.4 Å². The van der Waals surface area contributed by atoms with E-state index in [9.17, 15) is 9.59 Å². The monoisotopic (exact) mass is 395 g/mol. The Morgan fingerprint density at radius 1 is 1.10 bits per heavy atom. The molecule has 0 aliphatic heterocycles. The number of ether oxygens (including phenoxy) is 2. The molecule has 3 aromatic rings. The first kappa shape index (κ1) is 20.0. The van der Waals surface area contributed by atoms with E-state index in [0.29, 0.717) is 11.4 Å². The number of hydrogen-bond acceptors (Lipinski definition) is 7. The van der Waals surface area contributed by atoms with E-state index >= 15 is 0 Å². The SMILES string of the molecule is COC(=O)[C@@H](NC(=O)OCc1ccccc1)C(C)n1cc(-c2ccccn2)nn1. The van der Waals surface area contributed by atoms with Crippen LogP contribution in [0.4, 0.5) is 4.79 Å². The van der Waals surface area contributed by atoms with Gasteiger partial charge in [-0.3, -0.25) is 4.98 Å². The maximum Gasteiger partial charge on any atom is 0.408 e. The van der Waals surface area contributed by atoms with Crippen molar-refractivity contribution in [1.82, 2.24) is 25.3 Å². The molecule has 9 nitrogen and oxygen atoms in total. The first-order valence-electron chi connectivity index (χ1n) is 8.96. The van der Waals surface area contributed by atoms with E-state index in [1.54, 1.807) is 31.5 Å². The van der Waals surface area contributed by atoms with Gasteiger partial charge in [-0.05, 0) is 24.6 Å². The van der Waals surface area contributed by atoms with E-state index in [1.807, 2.05) is 36.4 Å². The molecule has 2 aromatic heterocycles. The van der Waals surface area contributed by atoms with E-state index in [2.05, 4.69) is 20.6 Å². The first-order valence-corrected chi connectivity index (χ1v) is 8.96. The van der Waals surface area contributed by atoms with Gasteiger partial charge in [0.15, 0.2) is 6.04 Å². The van der Waals surface area contributed by atoms with Gasteiger partial charge in [0.2, 0.25) is 0 Å². The Bertz CT molecular complexity index is 946. The normalized spacial score (nSPS) is 12.6. The maximum absolute atomic E-state index is 12.2. The second-order valence-corrected chi connectivity index (χ2v) is 6.25. The quantitative estimate of drug-likeness (QED) is 0.612. The molecule has 2 atom stereocenters.